The van der Waals surface area contributed by atoms with Crippen molar-refractivity contribution in [2.45, 2.75) is 13.2 Å². The lowest BCUT2D eigenvalue weighted by Gasteiger charge is -2.15. The van der Waals surface area contributed by atoms with Gasteiger partial charge >= 0.3 is 0 Å². The van der Waals surface area contributed by atoms with Gasteiger partial charge < -0.3 is 14.8 Å². The number of benzene rings is 3. The molecule has 0 heterocycles. The van der Waals surface area contributed by atoms with E-state index in [1.807, 2.05) is 12.1 Å². The molecule has 3 nitrogen and oxygen atoms in total. The van der Waals surface area contributed by atoms with E-state index in [0.717, 1.165) is 20.4 Å². The molecule has 0 spiro atoms. The molecule has 0 amide bonds. The van der Waals surface area contributed by atoms with Gasteiger partial charge in [-0.2, -0.15) is 0 Å². The third-order valence-electron chi connectivity index (χ3n) is 4.00. The molecule has 3 rings (SSSR count). The first-order valence-electron chi connectivity index (χ1n) is 8.39. The predicted molar refractivity (Wildman–Crippen MR) is 115 cm³/mol. The minimum Gasteiger partial charge on any atom is -0.493 e. The summed E-state index contributed by atoms with van der Waals surface area (Å²) in [5.41, 5.74) is 2.55. The van der Waals surface area contributed by atoms with Crippen LogP contribution in [0.3, 0.4) is 0 Å². The molecule has 0 bridgehead atoms. The maximum atomic E-state index is 13.3. The van der Waals surface area contributed by atoms with Gasteiger partial charge in [-0.25, -0.2) is 8.78 Å². The topological polar surface area (TPSA) is 30.5 Å². The van der Waals surface area contributed by atoms with E-state index < -0.39 is 5.82 Å². The van der Waals surface area contributed by atoms with Crippen molar-refractivity contribution in [2.24, 2.45) is 0 Å². The Bertz CT molecular complexity index is 967. The number of rotatable bonds is 7. The van der Waals surface area contributed by atoms with E-state index in [4.69, 9.17) is 21.1 Å². The minimum absolute atomic E-state index is 0.0710. The normalized spacial score (nSPS) is 10.6. The zero-order chi connectivity index (χ0) is 20.1. The Morgan fingerprint density at radius 1 is 1.00 bits per heavy atom. The highest BCUT2D eigenvalue weighted by molar-refractivity contribution is 14.1. The van der Waals surface area contributed by atoms with E-state index in [0.29, 0.717) is 24.7 Å². The van der Waals surface area contributed by atoms with Crippen LogP contribution in [-0.4, -0.2) is 7.11 Å². The number of methoxy groups -OCH3 is 1. The van der Waals surface area contributed by atoms with Crippen molar-refractivity contribution in [3.63, 3.8) is 0 Å². The molecule has 0 aliphatic rings. The van der Waals surface area contributed by atoms with E-state index in [1.54, 1.807) is 31.4 Å². The second kappa shape index (κ2) is 9.43. The van der Waals surface area contributed by atoms with Gasteiger partial charge in [0.05, 0.1) is 15.7 Å². The summed E-state index contributed by atoms with van der Waals surface area (Å²) in [6.07, 6.45) is 0. The van der Waals surface area contributed by atoms with Gasteiger partial charge in [0.2, 0.25) is 0 Å². The van der Waals surface area contributed by atoms with E-state index >= 15 is 0 Å². The quantitative estimate of drug-likeness (QED) is 0.368. The smallest absolute Gasteiger partial charge is 0.174 e. The third-order valence-corrected chi connectivity index (χ3v) is 5.09. The van der Waals surface area contributed by atoms with Crippen LogP contribution in [0.5, 0.6) is 11.5 Å². The molecule has 0 saturated carbocycles. The number of nitrogens with one attached hydrogen (secondary N) is 1. The number of anilines is 1. The molecule has 0 atom stereocenters. The fourth-order valence-electron chi connectivity index (χ4n) is 2.56. The molecule has 28 heavy (non-hydrogen) atoms. The van der Waals surface area contributed by atoms with Crippen molar-refractivity contribution in [3.8, 4) is 11.5 Å². The summed E-state index contributed by atoms with van der Waals surface area (Å²) in [5, 5.41) is 3.27. The average Bonchev–Trinajstić information content (AvgIpc) is 2.69. The van der Waals surface area contributed by atoms with Crippen molar-refractivity contribution in [3.05, 3.63) is 86.0 Å². The first-order chi connectivity index (χ1) is 13.5. The zero-order valence-corrected chi connectivity index (χ0v) is 17.9. The van der Waals surface area contributed by atoms with Crippen LogP contribution in [0.2, 0.25) is 5.02 Å². The SMILES string of the molecule is COc1cc(CNc2ccc(F)c(Cl)c2)cc(I)c1OCc1ccc(F)cc1. The highest BCUT2D eigenvalue weighted by Gasteiger charge is 2.12. The van der Waals surface area contributed by atoms with Gasteiger partial charge in [0, 0.05) is 12.2 Å². The van der Waals surface area contributed by atoms with Crippen LogP contribution < -0.4 is 14.8 Å². The van der Waals surface area contributed by atoms with Crippen LogP contribution in [0.25, 0.3) is 0 Å². The van der Waals surface area contributed by atoms with Crippen LogP contribution in [-0.2, 0) is 13.2 Å². The Labute approximate surface area is 180 Å². The van der Waals surface area contributed by atoms with Crippen LogP contribution in [0, 0.1) is 15.2 Å². The predicted octanol–water partition coefficient (Wildman–Crippen LogP) is 6.42. The fourth-order valence-corrected chi connectivity index (χ4v) is 3.56. The van der Waals surface area contributed by atoms with E-state index in [-0.39, 0.29) is 10.8 Å². The first kappa shape index (κ1) is 20.7. The summed E-state index contributed by atoms with van der Waals surface area (Å²) in [6, 6.07) is 14.5. The largest absolute Gasteiger partial charge is 0.493 e. The van der Waals surface area contributed by atoms with Crippen LogP contribution >= 0.6 is 34.2 Å². The fraction of sp³-hybridized carbons (Fsp3) is 0.143. The van der Waals surface area contributed by atoms with Crippen LogP contribution in [0.15, 0.2) is 54.6 Å². The maximum Gasteiger partial charge on any atom is 0.174 e. The lowest BCUT2D eigenvalue weighted by atomic mass is 10.2. The molecule has 1 N–H and O–H groups in total. The molecule has 0 aromatic heterocycles. The van der Waals surface area contributed by atoms with Crippen LogP contribution in [0.4, 0.5) is 14.5 Å². The molecule has 0 fully saturated rings. The molecule has 0 aliphatic heterocycles. The van der Waals surface area contributed by atoms with Gasteiger partial charge in [0.15, 0.2) is 11.5 Å². The summed E-state index contributed by atoms with van der Waals surface area (Å²) in [5.74, 6) is 0.491. The van der Waals surface area contributed by atoms with Gasteiger partial charge in [0.1, 0.15) is 18.2 Å². The Morgan fingerprint density at radius 3 is 2.43 bits per heavy atom. The molecule has 0 saturated heterocycles. The highest BCUT2D eigenvalue weighted by atomic mass is 127. The maximum absolute atomic E-state index is 13.3. The second-order valence-electron chi connectivity index (χ2n) is 6.01. The molecule has 0 radical (unpaired) electrons. The number of ether oxygens (including phenoxy) is 2. The summed E-state index contributed by atoms with van der Waals surface area (Å²) in [6.45, 7) is 0.810. The molecule has 3 aromatic rings. The Kier molecular flexibility index (Phi) is 6.96. The van der Waals surface area contributed by atoms with E-state index in [2.05, 4.69) is 27.9 Å². The van der Waals surface area contributed by atoms with Gasteiger partial charge in [-0.3, -0.25) is 0 Å². The molecular weight excluding hydrogens is 499 g/mol. The van der Waals surface area contributed by atoms with Crippen molar-refractivity contribution in [1.29, 1.82) is 0 Å². The minimum atomic E-state index is -0.453. The lowest BCUT2D eigenvalue weighted by Crippen LogP contribution is -2.04. The molecule has 146 valence electrons. The van der Waals surface area contributed by atoms with Gasteiger partial charge in [-0.15, -0.1) is 0 Å². The van der Waals surface area contributed by atoms with Crippen molar-refractivity contribution >= 4 is 39.9 Å². The monoisotopic (exact) mass is 515 g/mol. The number of hydrogen-bond donors (Lipinski definition) is 1. The van der Waals surface area contributed by atoms with Gasteiger partial charge in [-0.05, 0) is 76.2 Å². The standard InChI is InChI=1S/C21H17ClF2INO2/c1-27-20-9-14(11-26-16-6-7-18(24)17(22)10-16)8-19(25)21(20)28-12-13-2-4-15(23)5-3-13/h2-10,26H,11-12H2,1H3. The first-order valence-corrected chi connectivity index (χ1v) is 9.84. The highest BCUT2D eigenvalue weighted by Crippen LogP contribution is 2.35. The van der Waals surface area contributed by atoms with E-state index in [9.17, 15) is 8.78 Å². The number of hydrogen-bond acceptors (Lipinski definition) is 3. The van der Waals surface area contributed by atoms with Gasteiger partial charge in [0.25, 0.3) is 0 Å². The zero-order valence-electron chi connectivity index (χ0n) is 14.9. The Hall–Kier alpha value is -2.06. The summed E-state index contributed by atoms with van der Waals surface area (Å²) >= 11 is 7.99. The Morgan fingerprint density at radius 2 is 1.75 bits per heavy atom. The number of halogens is 4. The van der Waals surface area contributed by atoms with E-state index in [1.165, 1.54) is 18.2 Å². The average molecular weight is 516 g/mol. The van der Waals surface area contributed by atoms with Crippen molar-refractivity contribution in [2.75, 3.05) is 12.4 Å². The second-order valence-corrected chi connectivity index (χ2v) is 7.58. The van der Waals surface area contributed by atoms with Crippen LogP contribution in [0.1, 0.15) is 11.1 Å². The van der Waals surface area contributed by atoms with Gasteiger partial charge in [-0.1, -0.05) is 23.7 Å². The molecule has 0 aliphatic carbocycles. The molecule has 0 unspecified atom stereocenters. The Balaban J connectivity index is 1.71. The molecule has 7 heteroatoms. The van der Waals surface area contributed by atoms with Crippen molar-refractivity contribution < 1.29 is 18.3 Å². The molecule has 3 aromatic carbocycles. The summed E-state index contributed by atoms with van der Waals surface area (Å²) in [4.78, 5) is 0. The summed E-state index contributed by atoms with van der Waals surface area (Å²) in [7, 11) is 1.58. The lowest BCUT2D eigenvalue weighted by molar-refractivity contribution is 0.282. The molecular formula is C21H17ClF2INO2. The summed E-state index contributed by atoms with van der Waals surface area (Å²) < 4.78 is 38.5. The third kappa shape index (κ3) is 5.26. The van der Waals surface area contributed by atoms with Crippen molar-refractivity contribution in [1.82, 2.24) is 0 Å².